The highest BCUT2D eigenvalue weighted by Crippen LogP contribution is 2.15. The van der Waals surface area contributed by atoms with E-state index in [0.717, 1.165) is 5.56 Å². The molecule has 0 saturated carbocycles. The van der Waals surface area contributed by atoms with Gasteiger partial charge in [0.15, 0.2) is 6.40 Å². The van der Waals surface area contributed by atoms with E-state index in [1.165, 1.54) is 27.6 Å². The average molecular weight is 443 g/mol. The molecule has 0 saturated heterocycles. The second kappa shape index (κ2) is 12.5. The van der Waals surface area contributed by atoms with E-state index in [1.807, 2.05) is 26.0 Å². The Morgan fingerprint density at radius 2 is 1.97 bits per heavy atom. The van der Waals surface area contributed by atoms with Gasteiger partial charge >= 0.3 is 14.0 Å². The smallest absolute Gasteiger partial charge is 0.332 e. The fourth-order valence-corrected chi connectivity index (χ4v) is 3.17. The molecular formula is C22H30BN3O6. The molecule has 1 aromatic carbocycles. The van der Waals surface area contributed by atoms with Gasteiger partial charge in [0.05, 0.1) is 7.11 Å². The van der Waals surface area contributed by atoms with E-state index in [1.54, 1.807) is 18.2 Å². The number of fused-ring (bicyclic) bond motifs is 12. The number of nitrogens with one attached hydrogen (secondary N) is 2. The summed E-state index contributed by atoms with van der Waals surface area (Å²) in [6.07, 6.45) is 5.03. The van der Waals surface area contributed by atoms with Crippen LogP contribution in [0.1, 0.15) is 25.8 Å². The number of methoxy groups -OCH3 is 1. The Kier molecular flexibility index (Phi) is 9.78. The van der Waals surface area contributed by atoms with Gasteiger partial charge in [-0.1, -0.05) is 32.1 Å². The summed E-state index contributed by atoms with van der Waals surface area (Å²) in [6, 6.07) is 4.63. The molecule has 0 aliphatic carbocycles. The van der Waals surface area contributed by atoms with Crippen molar-refractivity contribution in [3.63, 3.8) is 0 Å². The topological polar surface area (TPSA) is 115 Å². The van der Waals surface area contributed by atoms with E-state index >= 15 is 0 Å². The van der Waals surface area contributed by atoms with Gasteiger partial charge in [-0.25, -0.2) is 9.79 Å². The first-order chi connectivity index (χ1) is 15.3. The van der Waals surface area contributed by atoms with Crippen LogP contribution in [0, 0.1) is 5.92 Å². The van der Waals surface area contributed by atoms with Crippen LogP contribution in [0.5, 0.6) is 5.75 Å². The van der Waals surface area contributed by atoms with E-state index in [-0.39, 0.29) is 12.5 Å². The fourth-order valence-electron chi connectivity index (χ4n) is 3.17. The zero-order valence-corrected chi connectivity index (χ0v) is 18.9. The molecule has 2 aliphatic heterocycles. The Labute approximate surface area is 189 Å². The highest BCUT2D eigenvalue weighted by atomic mass is 16.5. The first kappa shape index (κ1) is 25.0. The van der Waals surface area contributed by atoms with Crippen molar-refractivity contribution in [1.82, 2.24) is 10.6 Å². The Bertz CT molecular complexity index is 841. The maximum atomic E-state index is 13.0. The number of amides is 2. The van der Waals surface area contributed by atoms with Gasteiger partial charge in [0.2, 0.25) is 11.8 Å². The number of esters is 1. The highest BCUT2D eigenvalue weighted by Gasteiger charge is 2.29. The number of carbonyl (C=O) groups excluding carboxylic acids is 3. The molecule has 2 aliphatic rings. The SMILES string of the molecule is BOC=N[C@H]1Cc2ccc(cc2)OCC=C[C@@H](C(=O)OC)NC(=O)[C@H](CC(C)C)NC1=O. The van der Waals surface area contributed by atoms with Gasteiger partial charge in [-0.3, -0.25) is 9.59 Å². The molecule has 32 heavy (non-hydrogen) atoms. The summed E-state index contributed by atoms with van der Waals surface area (Å²) in [5.41, 5.74) is 0.879. The van der Waals surface area contributed by atoms with Crippen LogP contribution < -0.4 is 15.4 Å². The van der Waals surface area contributed by atoms with Crippen LogP contribution in [0.15, 0.2) is 41.4 Å². The molecule has 0 unspecified atom stereocenters. The lowest BCUT2D eigenvalue weighted by Crippen LogP contribution is -2.53. The Hall–Kier alpha value is -3.30. The lowest BCUT2D eigenvalue weighted by Gasteiger charge is -2.24. The minimum Gasteiger partial charge on any atom is -0.560 e. The maximum Gasteiger partial charge on any atom is 0.332 e. The van der Waals surface area contributed by atoms with Crippen molar-refractivity contribution >= 4 is 32.2 Å². The van der Waals surface area contributed by atoms with Crippen LogP contribution in [0.3, 0.4) is 0 Å². The van der Waals surface area contributed by atoms with E-state index in [4.69, 9.17) is 14.1 Å². The number of ether oxygens (including phenoxy) is 2. The zero-order chi connectivity index (χ0) is 23.5. The van der Waals surface area contributed by atoms with Crippen LogP contribution in [0.4, 0.5) is 0 Å². The molecular weight excluding hydrogens is 413 g/mol. The molecule has 10 heteroatoms. The maximum absolute atomic E-state index is 13.0. The number of carbonyl (C=O) groups is 3. The summed E-state index contributed by atoms with van der Waals surface area (Å²) in [5, 5.41) is 5.43. The second-order valence-corrected chi connectivity index (χ2v) is 7.79. The molecule has 0 radical (unpaired) electrons. The van der Waals surface area contributed by atoms with E-state index in [0.29, 0.717) is 18.6 Å². The van der Waals surface area contributed by atoms with E-state index in [9.17, 15) is 14.4 Å². The van der Waals surface area contributed by atoms with Crippen LogP contribution in [0.25, 0.3) is 0 Å². The molecule has 3 rings (SSSR count). The molecule has 1 aromatic rings. The number of benzene rings is 1. The lowest BCUT2D eigenvalue weighted by molar-refractivity contribution is -0.144. The third-order valence-electron chi connectivity index (χ3n) is 4.77. The Morgan fingerprint density at radius 1 is 1.25 bits per heavy atom. The lowest BCUT2D eigenvalue weighted by atomic mass is 10.0. The molecule has 172 valence electrons. The number of nitrogens with zero attached hydrogens (tertiary/aromatic N) is 1. The Morgan fingerprint density at radius 3 is 2.59 bits per heavy atom. The quantitative estimate of drug-likeness (QED) is 0.223. The minimum absolute atomic E-state index is 0.116. The first-order valence-corrected chi connectivity index (χ1v) is 10.5. The van der Waals surface area contributed by atoms with Crippen molar-refractivity contribution < 1.29 is 28.5 Å². The molecule has 3 atom stereocenters. The second-order valence-electron chi connectivity index (χ2n) is 7.79. The molecule has 0 aromatic heterocycles. The number of aliphatic imine (C=N–C) groups is 1. The van der Waals surface area contributed by atoms with Crippen molar-refractivity contribution in [1.29, 1.82) is 0 Å². The van der Waals surface area contributed by atoms with Crippen LogP contribution >= 0.6 is 0 Å². The van der Waals surface area contributed by atoms with Crippen molar-refractivity contribution in [2.75, 3.05) is 13.7 Å². The minimum atomic E-state index is -1.01. The molecule has 0 fully saturated rings. The molecule has 9 nitrogen and oxygen atoms in total. The molecule has 2 amide bonds. The third kappa shape index (κ3) is 7.75. The van der Waals surface area contributed by atoms with Gasteiger partial charge in [0, 0.05) is 6.42 Å². The Balaban J connectivity index is 2.39. The first-order valence-electron chi connectivity index (χ1n) is 10.5. The van der Waals surface area contributed by atoms with E-state index < -0.39 is 35.9 Å². The predicted octanol–water partition coefficient (Wildman–Crippen LogP) is 0.328. The van der Waals surface area contributed by atoms with Gasteiger partial charge in [0.1, 0.15) is 30.5 Å². The van der Waals surface area contributed by atoms with E-state index in [2.05, 4.69) is 15.6 Å². The van der Waals surface area contributed by atoms with Crippen molar-refractivity contribution in [2.45, 2.75) is 44.8 Å². The summed E-state index contributed by atoms with van der Waals surface area (Å²) in [4.78, 5) is 42.4. The van der Waals surface area contributed by atoms with Crippen molar-refractivity contribution in [2.24, 2.45) is 10.9 Å². The largest absolute Gasteiger partial charge is 0.560 e. The summed E-state index contributed by atoms with van der Waals surface area (Å²) < 4.78 is 15.3. The molecule has 2 bridgehead atoms. The van der Waals surface area contributed by atoms with Gasteiger partial charge in [-0.15, -0.1) is 0 Å². The van der Waals surface area contributed by atoms with Gasteiger partial charge in [0.25, 0.3) is 0 Å². The average Bonchev–Trinajstić information content (AvgIpc) is 2.77. The summed E-state index contributed by atoms with van der Waals surface area (Å²) >= 11 is 0. The number of rotatable bonds is 5. The summed E-state index contributed by atoms with van der Waals surface area (Å²) in [5.74, 6) is -0.792. The molecule has 0 spiro atoms. The van der Waals surface area contributed by atoms with Crippen LogP contribution in [-0.4, -0.2) is 64.1 Å². The number of hydrogen-bond donors (Lipinski definition) is 2. The van der Waals surface area contributed by atoms with Crippen LogP contribution in [-0.2, 0) is 30.2 Å². The summed E-state index contributed by atoms with van der Waals surface area (Å²) in [7, 11) is 2.68. The fraction of sp³-hybridized carbons (Fsp3) is 0.455. The monoisotopic (exact) mass is 443 g/mol. The van der Waals surface area contributed by atoms with Crippen LogP contribution in [0.2, 0.25) is 0 Å². The summed E-state index contributed by atoms with van der Waals surface area (Å²) in [6.45, 7) is 4.08. The highest BCUT2D eigenvalue weighted by molar-refractivity contribution is 6.02. The van der Waals surface area contributed by atoms with Crippen molar-refractivity contribution in [3.8, 4) is 5.75 Å². The van der Waals surface area contributed by atoms with Gasteiger partial charge in [-0.2, -0.15) is 0 Å². The standard InChI is InChI=1S/C22H30BN3O6/c1-14(2)11-19-21(28)25-17(22(29)30-3)5-4-10-31-16-8-6-15(7-9-16)12-18(20(27)26-19)24-13-32-23/h4-9,13-14,17-19H,10-12,23H2,1-3H3,(H,25,28)(H,26,27)/t17-,18-,19-/m0/s1. The third-order valence-corrected chi connectivity index (χ3v) is 4.77. The van der Waals surface area contributed by atoms with Crippen molar-refractivity contribution in [3.05, 3.63) is 42.0 Å². The van der Waals surface area contributed by atoms with Gasteiger partial charge in [-0.05, 0) is 36.1 Å². The zero-order valence-electron chi connectivity index (χ0n) is 18.9. The molecule has 2 heterocycles. The predicted molar refractivity (Wildman–Crippen MR) is 122 cm³/mol. The molecule has 2 N–H and O–H groups in total. The number of hydrogen-bond acceptors (Lipinski definition) is 7. The van der Waals surface area contributed by atoms with Gasteiger partial charge < -0.3 is 24.8 Å². The normalized spacial score (nSPS) is 22.3.